The minimum Gasteiger partial charge on any atom is -0.384 e. The lowest BCUT2D eigenvalue weighted by atomic mass is 10.1. The second-order valence-electron chi connectivity index (χ2n) is 4.90. The van der Waals surface area contributed by atoms with Crippen LogP contribution in [0.2, 0.25) is 0 Å². The Hall–Kier alpha value is -1.87. The molecule has 19 heavy (non-hydrogen) atoms. The molecule has 0 amide bonds. The number of pyridine rings is 1. The van der Waals surface area contributed by atoms with Gasteiger partial charge in [0.05, 0.1) is 0 Å². The fourth-order valence-electron chi connectivity index (χ4n) is 1.96. The minimum absolute atomic E-state index is 0.484. The summed E-state index contributed by atoms with van der Waals surface area (Å²) in [6.45, 7) is 3.13. The summed E-state index contributed by atoms with van der Waals surface area (Å²) in [4.78, 5) is 4.11. The predicted molar refractivity (Wildman–Crippen MR) is 79.7 cm³/mol. The first-order valence-corrected chi connectivity index (χ1v) is 6.72. The van der Waals surface area contributed by atoms with Crippen molar-refractivity contribution in [3.63, 3.8) is 0 Å². The van der Waals surface area contributed by atoms with Crippen LogP contribution < -0.4 is 11.1 Å². The highest BCUT2D eigenvalue weighted by Gasteiger charge is 2.02. The highest BCUT2D eigenvalue weighted by Crippen LogP contribution is 2.07. The van der Waals surface area contributed by atoms with Crippen molar-refractivity contribution in [3.8, 4) is 0 Å². The van der Waals surface area contributed by atoms with Crippen LogP contribution in [0.5, 0.6) is 0 Å². The minimum atomic E-state index is 0.484. The summed E-state index contributed by atoms with van der Waals surface area (Å²) in [6, 6.07) is 14.9. The van der Waals surface area contributed by atoms with E-state index >= 15 is 0 Å². The molecule has 0 bridgehead atoms. The number of nitrogen functional groups attached to an aromatic ring is 1. The predicted octanol–water partition coefficient (Wildman–Crippen LogP) is 2.77. The van der Waals surface area contributed by atoms with E-state index < -0.39 is 0 Å². The van der Waals surface area contributed by atoms with Crippen LogP contribution in [0.1, 0.15) is 24.5 Å². The quantitative estimate of drug-likeness (QED) is 0.834. The first-order chi connectivity index (χ1) is 9.24. The number of hydrogen-bond donors (Lipinski definition) is 2. The maximum Gasteiger partial charge on any atom is 0.123 e. The molecule has 100 valence electrons. The van der Waals surface area contributed by atoms with Crippen molar-refractivity contribution >= 4 is 5.82 Å². The van der Waals surface area contributed by atoms with Crippen LogP contribution >= 0.6 is 0 Å². The lowest BCUT2D eigenvalue weighted by Crippen LogP contribution is -2.25. The van der Waals surface area contributed by atoms with E-state index in [1.165, 1.54) is 11.1 Å². The molecule has 1 unspecified atom stereocenters. The topological polar surface area (TPSA) is 50.9 Å². The zero-order valence-electron chi connectivity index (χ0n) is 11.3. The average molecular weight is 255 g/mol. The van der Waals surface area contributed by atoms with E-state index in [0.717, 1.165) is 19.4 Å². The van der Waals surface area contributed by atoms with E-state index in [9.17, 15) is 0 Å². The molecule has 1 atom stereocenters. The molecule has 2 aromatic rings. The van der Waals surface area contributed by atoms with Crippen LogP contribution in [-0.4, -0.2) is 11.0 Å². The molecule has 0 fully saturated rings. The van der Waals surface area contributed by atoms with Gasteiger partial charge in [0.25, 0.3) is 0 Å². The number of aryl methyl sites for hydroxylation is 1. The Morgan fingerprint density at radius 3 is 2.58 bits per heavy atom. The molecule has 0 saturated carbocycles. The van der Waals surface area contributed by atoms with Gasteiger partial charge in [-0.15, -0.1) is 0 Å². The van der Waals surface area contributed by atoms with Gasteiger partial charge < -0.3 is 11.1 Å². The number of benzene rings is 1. The number of nitrogens with two attached hydrogens (primary N) is 1. The fraction of sp³-hybridized carbons (Fsp3) is 0.312. The van der Waals surface area contributed by atoms with E-state index in [0.29, 0.717) is 11.9 Å². The molecule has 3 N–H and O–H groups in total. The van der Waals surface area contributed by atoms with E-state index in [-0.39, 0.29) is 0 Å². The highest BCUT2D eigenvalue weighted by atomic mass is 14.9. The molecule has 0 saturated heterocycles. The maximum atomic E-state index is 5.57. The van der Waals surface area contributed by atoms with Gasteiger partial charge in [-0.2, -0.15) is 0 Å². The SMILES string of the molecule is CC(CCc1ccc(N)nc1)NCc1ccccc1. The summed E-state index contributed by atoms with van der Waals surface area (Å²) in [5.41, 5.74) is 8.13. The van der Waals surface area contributed by atoms with Gasteiger partial charge in [0.2, 0.25) is 0 Å². The van der Waals surface area contributed by atoms with Crippen molar-refractivity contribution < 1.29 is 0 Å². The molecule has 0 aliphatic rings. The van der Waals surface area contributed by atoms with Crippen molar-refractivity contribution in [2.45, 2.75) is 32.4 Å². The molecule has 3 heteroatoms. The lowest BCUT2D eigenvalue weighted by Gasteiger charge is -2.13. The summed E-state index contributed by atoms with van der Waals surface area (Å²) < 4.78 is 0. The number of nitrogens with one attached hydrogen (secondary N) is 1. The summed E-state index contributed by atoms with van der Waals surface area (Å²) >= 11 is 0. The summed E-state index contributed by atoms with van der Waals surface area (Å²) in [7, 11) is 0. The third-order valence-corrected chi connectivity index (χ3v) is 3.21. The van der Waals surface area contributed by atoms with E-state index in [1.807, 2.05) is 24.4 Å². The van der Waals surface area contributed by atoms with Crippen LogP contribution in [0.4, 0.5) is 5.82 Å². The standard InChI is InChI=1S/C16H21N3/c1-13(18-11-14-5-3-2-4-6-14)7-8-15-9-10-16(17)19-12-15/h2-6,9-10,12-13,18H,7-8,11H2,1H3,(H2,17,19). The van der Waals surface area contributed by atoms with Gasteiger partial charge in [-0.1, -0.05) is 36.4 Å². The van der Waals surface area contributed by atoms with Crippen LogP contribution in [0.25, 0.3) is 0 Å². The zero-order chi connectivity index (χ0) is 13.5. The molecular formula is C16H21N3. The Balaban J connectivity index is 1.72. The summed E-state index contributed by atoms with van der Waals surface area (Å²) in [5.74, 6) is 0.582. The Bertz CT molecular complexity index is 479. The van der Waals surface area contributed by atoms with E-state index in [1.54, 1.807) is 0 Å². The van der Waals surface area contributed by atoms with Crippen LogP contribution in [0.3, 0.4) is 0 Å². The molecule has 1 aromatic heterocycles. The van der Waals surface area contributed by atoms with Crippen molar-refractivity contribution in [2.24, 2.45) is 0 Å². The first-order valence-electron chi connectivity index (χ1n) is 6.72. The number of hydrogen-bond acceptors (Lipinski definition) is 3. The second-order valence-corrected chi connectivity index (χ2v) is 4.90. The number of rotatable bonds is 6. The molecule has 0 aliphatic carbocycles. The van der Waals surface area contributed by atoms with Crippen LogP contribution in [0, 0.1) is 0 Å². The van der Waals surface area contributed by atoms with Gasteiger partial charge >= 0.3 is 0 Å². The highest BCUT2D eigenvalue weighted by molar-refractivity contribution is 5.29. The molecule has 2 rings (SSSR count). The average Bonchev–Trinajstić information content (AvgIpc) is 2.45. The summed E-state index contributed by atoms with van der Waals surface area (Å²) in [6.07, 6.45) is 3.98. The zero-order valence-corrected chi connectivity index (χ0v) is 11.3. The van der Waals surface area contributed by atoms with E-state index in [4.69, 9.17) is 5.73 Å². The number of aromatic nitrogens is 1. The number of nitrogens with zero attached hydrogens (tertiary/aromatic N) is 1. The Morgan fingerprint density at radius 1 is 1.11 bits per heavy atom. The van der Waals surface area contributed by atoms with Gasteiger partial charge in [0.15, 0.2) is 0 Å². The van der Waals surface area contributed by atoms with Crippen LogP contribution in [0.15, 0.2) is 48.7 Å². The molecule has 0 radical (unpaired) electrons. The molecular weight excluding hydrogens is 234 g/mol. The largest absolute Gasteiger partial charge is 0.384 e. The van der Waals surface area contributed by atoms with Gasteiger partial charge in [0, 0.05) is 18.8 Å². The number of anilines is 1. The molecule has 3 nitrogen and oxygen atoms in total. The monoisotopic (exact) mass is 255 g/mol. The fourth-order valence-corrected chi connectivity index (χ4v) is 1.96. The molecule has 0 spiro atoms. The second kappa shape index (κ2) is 6.90. The van der Waals surface area contributed by atoms with Crippen molar-refractivity contribution in [1.29, 1.82) is 0 Å². The van der Waals surface area contributed by atoms with Gasteiger partial charge in [-0.25, -0.2) is 4.98 Å². The lowest BCUT2D eigenvalue weighted by molar-refractivity contribution is 0.514. The van der Waals surface area contributed by atoms with Crippen LogP contribution in [-0.2, 0) is 13.0 Å². The first kappa shape index (κ1) is 13.6. The van der Waals surface area contributed by atoms with Gasteiger partial charge in [-0.05, 0) is 37.0 Å². The molecule has 1 heterocycles. The normalized spacial score (nSPS) is 12.3. The Kier molecular flexibility index (Phi) is 4.93. The van der Waals surface area contributed by atoms with Crippen molar-refractivity contribution in [3.05, 3.63) is 59.8 Å². The van der Waals surface area contributed by atoms with Crippen molar-refractivity contribution in [1.82, 2.24) is 10.3 Å². The third-order valence-electron chi connectivity index (χ3n) is 3.21. The summed E-state index contributed by atoms with van der Waals surface area (Å²) in [5, 5.41) is 3.54. The molecule has 0 aliphatic heterocycles. The van der Waals surface area contributed by atoms with Gasteiger partial charge in [0.1, 0.15) is 5.82 Å². The third kappa shape index (κ3) is 4.72. The van der Waals surface area contributed by atoms with Gasteiger partial charge in [-0.3, -0.25) is 0 Å². The maximum absolute atomic E-state index is 5.57. The Labute approximate surface area is 114 Å². The smallest absolute Gasteiger partial charge is 0.123 e. The van der Waals surface area contributed by atoms with Crippen molar-refractivity contribution in [2.75, 3.05) is 5.73 Å². The Morgan fingerprint density at radius 2 is 1.89 bits per heavy atom. The van der Waals surface area contributed by atoms with E-state index in [2.05, 4.69) is 41.5 Å². The molecule has 1 aromatic carbocycles.